The van der Waals surface area contributed by atoms with Gasteiger partial charge in [-0.2, -0.15) is 0 Å². The van der Waals surface area contributed by atoms with Crippen molar-refractivity contribution in [3.05, 3.63) is 16.4 Å². The molecule has 3 N–H and O–H groups in total. The van der Waals surface area contributed by atoms with Crippen molar-refractivity contribution in [1.82, 2.24) is 15.4 Å². The van der Waals surface area contributed by atoms with Crippen LogP contribution in [0.4, 0.5) is 17.3 Å². The quantitative estimate of drug-likeness (QED) is 0.502. The summed E-state index contributed by atoms with van der Waals surface area (Å²) in [6.45, 7) is 8.22. The second kappa shape index (κ2) is 7.14. The summed E-state index contributed by atoms with van der Waals surface area (Å²) in [5.74, 6) is 0.279. The Morgan fingerprint density at radius 1 is 1.43 bits per heavy atom. The Labute approximate surface area is 123 Å². The molecular formula is C12H22N6O3. The van der Waals surface area contributed by atoms with Gasteiger partial charge in [-0.05, 0) is 27.7 Å². The molecule has 1 aromatic heterocycles. The predicted octanol–water partition coefficient (Wildman–Crippen LogP) is 0.918. The Bertz CT molecular complexity index is 488. The monoisotopic (exact) mass is 298 g/mol. The van der Waals surface area contributed by atoms with Crippen LogP contribution in [-0.2, 0) is 0 Å². The fraction of sp³-hybridized carbons (Fsp3) is 0.667. The van der Waals surface area contributed by atoms with Crippen molar-refractivity contribution in [2.45, 2.75) is 33.2 Å². The van der Waals surface area contributed by atoms with E-state index in [-0.39, 0.29) is 36.0 Å². The molecule has 0 amide bonds. The third kappa shape index (κ3) is 4.80. The summed E-state index contributed by atoms with van der Waals surface area (Å²) in [4.78, 5) is 20.4. The van der Waals surface area contributed by atoms with Crippen molar-refractivity contribution >= 4 is 17.3 Å². The van der Waals surface area contributed by atoms with Crippen LogP contribution in [0.25, 0.3) is 0 Å². The van der Waals surface area contributed by atoms with E-state index < -0.39 is 4.92 Å². The minimum Gasteiger partial charge on any atom is -0.395 e. The zero-order valence-electron chi connectivity index (χ0n) is 12.8. The third-order valence-corrected chi connectivity index (χ3v) is 2.59. The second-order valence-electron chi connectivity index (χ2n) is 5.45. The van der Waals surface area contributed by atoms with Gasteiger partial charge in [0.2, 0.25) is 11.6 Å². The fourth-order valence-electron chi connectivity index (χ4n) is 1.64. The van der Waals surface area contributed by atoms with Crippen LogP contribution in [0.5, 0.6) is 0 Å². The highest BCUT2D eigenvalue weighted by Crippen LogP contribution is 2.31. The molecule has 9 nitrogen and oxygen atoms in total. The molecule has 21 heavy (non-hydrogen) atoms. The van der Waals surface area contributed by atoms with Gasteiger partial charge < -0.3 is 10.0 Å². The molecule has 9 heteroatoms. The number of aromatic nitrogens is 2. The maximum atomic E-state index is 11.4. The van der Waals surface area contributed by atoms with Crippen LogP contribution >= 0.6 is 0 Å². The van der Waals surface area contributed by atoms with Crippen molar-refractivity contribution in [2.24, 2.45) is 0 Å². The lowest BCUT2D eigenvalue weighted by molar-refractivity contribution is -0.383. The molecule has 1 rings (SSSR count). The highest BCUT2D eigenvalue weighted by molar-refractivity contribution is 5.70. The van der Waals surface area contributed by atoms with Crippen LogP contribution in [0, 0.1) is 10.1 Å². The van der Waals surface area contributed by atoms with E-state index >= 15 is 0 Å². The smallest absolute Gasteiger partial charge is 0.354 e. The number of hydrazine groups is 1. The number of nitro groups is 1. The molecule has 0 aliphatic heterocycles. The zero-order valence-corrected chi connectivity index (χ0v) is 12.8. The SMILES string of the molecule is CCN(CCO)c1ncnc(NNC(C)(C)C)c1[N+](=O)[O-]. The minimum absolute atomic E-state index is 0.0938. The normalized spacial score (nSPS) is 11.3. The summed E-state index contributed by atoms with van der Waals surface area (Å²) in [6, 6.07) is 0. The van der Waals surface area contributed by atoms with E-state index in [9.17, 15) is 10.1 Å². The van der Waals surface area contributed by atoms with Gasteiger partial charge in [0.25, 0.3) is 0 Å². The molecule has 0 radical (unpaired) electrons. The Balaban J connectivity index is 3.17. The molecule has 1 aromatic rings. The van der Waals surface area contributed by atoms with Crippen molar-refractivity contribution in [3.8, 4) is 0 Å². The molecule has 0 aliphatic rings. The average molecular weight is 298 g/mol. The predicted molar refractivity (Wildman–Crippen MR) is 80.2 cm³/mol. The molecule has 0 saturated carbocycles. The molecule has 0 aliphatic carbocycles. The molecule has 0 bridgehead atoms. The van der Waals surface area contributed by atoms with E-state index in [0.717, 1.165) is 0 Å². The van der Waals surface area contributed by atoms with Crippen LogP contribution in [0.15, 0.2) is 6.33 Å². The maximum Gasteiger partial charge on any atom is 0.354 e. The average Bonchev–Trinajstić information content (AvgIpc) is 2.41. The largest absolute Gasteiger partial charge is 0.395 e. The molecule has 0 fully saturated rings. The van der Waals surface area contributed by atoms with Crippen molar-refractivity contribution in [3.63, 3.8) is 0 Å². The first-order valence-electron chi connectivity index (χ1n) is 6.68. The van der Waals surface area contributed by atoms with E-state index in [4.69, 9.17) is 5.11 Å². The Morgan fingerprint density at radius 3 is 2.57 bits per heavy atom. The van der Waals surface area contributed by atoms with Gasteiger partial charge in [-0.15, -0.1) is 0 Å². The Kier molecular flexibility index (Phi) is 5.79. The number of hydrogen-bond donors (Lipinski definition) is 3. The lowest BCUT2D eigenvalue weighted by Crippen LogP contribution is -2.40. The number of anilines is 2. The molecular weight excluding hydrogens is 276 g/mol. The van der Waals surface area contributed by atoms with Crippen LogP contribution in [0.3, 0.4) is 0 Å². The Hall–Kier alpha value is -2.00. The summed E-state index contributed by atoms with van der Waals surface area (Å²) < 4.78 is 0. The summed E-state index contributed by atoms with van der Waals surface area (Å²) in [7, 11) is 0. The van der Waals surface area contributed by atoms with E-state index in [1.165, 1.54) is 6.33 Å². The topological polar surface area (TPSA) is 116 Å². The third-order valence-electron chi connectivity index (χ3n) is 2.59. The number of nitrogens with one attached hydrogen (secondary N) is 2. The van der Waals surface area contributed by atoms with Crippen LogP contribution in [-0.4, -0.2) is 45.2 Å². The summed E-state index contributed by atoms with van der Waals surface area (Å²) in [5.41, 5.74) is 5.20. The summed E-state index contributed by atoms with van der Waals surface area (Å²) in [5, 5.41) is 20.4. The van der Waals surface area contributed by atoms with E-state index in [2.05, 4.69) is 20.8 Å². The van der Waals surface area contributed by atoms with Crippen LogP contribution < -0.4 is 15.8 Å². The Morgan fingerprint density at radius 2 is 2.10 bits per heavy atom. The van der Waals surface area contributed by atoms with Gasteiger partial charge in [0.1, 0.15) is 6.33 Å². The van der Waals surface area contributed by atoms with Crippen LogP contribution in [0.2, 0.25) is 0 Å². The standard InChI is InChI=1S/C12H22N6O3/c1-5-17(6-7-19)11-9(18(20)21)10(13-8-14-11)15-16-12(2,3)4/h8,16,19H,5-7H2,1-4H3,(H,13,14,15). The number of aliphatic hydroxyl groups is 1. The number of rotatable bonds is 7. The van der Waals surface area contributed by atoms with Gasteiger partial charge >= 0.3 is 5.69 Å². The molecule has 0 aromatic carbocycles. The van der Waals surface area contributed by atoms with Gasteiger partial charge in [0, 0.05) is 18.6 Å². The van der Waals surface area contributed by atoms with Gasteiger partial charge in [-0.3, -0.25) is 15.5 Å². The second-order valence-corrected chi connectivity index (χ2v) is 5.45. The van der Waals surface area contributed by atoms with Crippen LogP contribution in [0.1, 0.15) is 27.7 Å². The van der Waals surface area contributed by atoms with E-state index in [1.54, 1.807) is 4.90 Å². The first-order chi connectivity index (χ1) is 9.80. The highest BCUT2D eigenvalue weighted by atomic mass is 16.6. The lowest BCUT2D eigenvalue weighted by atomic mass is 10.1. The van der Waals surface area contributed by atoms with Gasteiger partial charge in [-0.1, -0.05) is 0 Å². The van der Waals surface area contributed by atoms with E-state index in [1.807, 2.05) is 27.7 Å². The van der Waals surface area contributed by atoms with Gasteiger partial charge in [0.15, 0.2) is 0 Å². The van der Waals surface area contributed by atoms with E-state index in [0.29, 0.717) is 6.54 Å². The molecule has 0 unspecified atom stereocenters. The molecule has 0 spiro atoms. The van der Waals surface area contributed by atoms with Crippen molar-refractivity contribution in [2.75, 3.05) is 30.0 Å². The number of aliphatic hydroxyl groups excluding tert-OH is 1. The first-order valence-corrected chi connectivity index (χ1v) is 6.68. The lowest BCUT2D eigenvalue weighted by Gasteiger charge is -2.23. The van der Waals surface area contributed by atoms with Gasteiger partial charge in [0.05, 0.1) is 11.5 Å². The highest BCUT2D eigenvalue weighted by Gasteiger charge is 2.27. The van der Waals surface area contributed by atoms with Gasteiger partial charge in [-0.25, -0.2) is 15.4 Å². The first kappa shape index (κ1) is 17.1. The van der Waals surface area contributed by atoms with Crippen molar-refractivity contribution in [1.29, 1.82) is 0 Å². The summed E-state index contributed by atoms with van der Waals surface area (Å²) >= 11 is 0. The molecule has 1 heterocycles. The number of likely N-dealkylation sites (N-methyl/N-ethyl adjacent to an activating group) is 1. The molecule has 0 atom stereocenters. The number of nitrogens with zero attached hydrogens (tertiary/aromatic N) is 4. The van der Waals surface area contributed by atoms with Crippen molar-refractivity contribution < 1.29 is 10.0 Å². The fourth-order valence-corrected chi connectivity index (χ4v) is 1.64. The minimum atomic E-state index is -0.526. The molecule has 118 valence electrons. The maximum absolute atomic E-state index is 11.4. The zero-order chi connectivity index (χ0) is 16.0. The molecule has 0 saturated heterocycles. The number of hydrogen-bond acceptors (Lipinski definition) is 8. The summed E-state index contributed by atoms with van der Waals surface area (Å²) in [6.07, 6.45) is 1.26.